The first-order valence-electron chi connectivity index (χ1n) is 13.2. The molecule has 0 bridgehead atoms. The third-order valence-corrected chi connectivity index (χ3v) is 7.64. The van der Waals surface area contributed by atoms with E-state index in [4.69, 9.17) is 15.2 Å². The van der Waals surface area contributed by atoms with E-state index in [0.29, 0.717) is 38.7 Å². The molecule has 1 fully saturated rings. The Kier molecular flexibility index (Phi) is 5.90. The van der Waals surface area contributed by atoms with Gasteiger partial charge < -0.3 is 25.1 Å². The number of hydrogen-bond acceptors (Lipinski definition) is 7. The van der Waals surface area contributed by atoms with Crippen LogP contribution >= 0.6 is 0 Å². The topological polar surface area (TPSA) is 114 Å². The van der Waals surface area contributed by atoms with E-state index in [1.165, 1.54) is 6.33 Å². The summed E-state index contributed by atoms with van der Waals surface area (Å²) in [5, 5.41) is 4.29. The molecule has 2 aliphatic heterocycles. The van der Waals surface area contributed by atoms with Gasteiger partial charge in [-0.1, -0.05) is 30.3 Å². The predicted molar refractivity (Wildman–Crippen MR) is 149 cm³/mol. The molecule has 1 saturated heterocycles. The van der Waals surface area contributed by atoms with Crippen molar-refractivity contribution < 1.29 is 9.47 Å². The van der Waals surface area contributed by atoms with Gasteiger partial charge in [0.05, 0.1) is 54.7 Å². The zero-order valence-electron chi connectivity index (χ0n) is 21.4. The zero-order chi connectivity index (χ0) is 26.3. The SMILES string of the molecule is Nc1ncnc2c1c(-c1ccc(NCc3c4n(n(-c5ccccc5)c3=O)CCOC4)cc1)cn2C1CCOC1. The second kappa shape index (κ2) is 9.72. The maximum absolute atomic E-state index is 13.5. The van der Waals surface area contributed by atoms with Crippen molar-refractivity contribution in [1.82, 2.24) is 23.9 Å². The molecule has 10 heteroatoms. The van der Waals surface area contributed by atoms with Crippen molar-refractivity contribution in [2.75, 3.05) is 30.9 Å². The van der Waals surface area contributed by atoms with Gasteiger partial charge in [0.1, 0.15) is 17.8 Å². The Morgan fingerprint density at radius 2 is 1.87 bits per heavy atom. The lowest BCUT2D eigenvalue weighted by Gasteiger charge is -2.20. The molecule has 0 spiro atoms. The van der Waals surface area contributed by atoms with Crippen LogP contribution < -0.4 is 16.6 Å². The molecule has 5 heterocycles. The largest absolute Gasteiger partial charge is 0.383 e. The molecule has 1 unspecified atom stereocenters. The summed E-state index contributed by atoms with van der Waals surface area (Å²) < 4.78 is 17.3. The number of rotatable bonds is 6. The number of nitrogens with zero attached hydrogens (tertiary/aromatic N) is 5. The van der Waals surface area contributed by atoms with Crippen molar-refractivity contribution in [3.05, 3.63) is 88.7 Å². The van der Waals surface area contributed by atoms with Crippen molar-refractivity contribution in [2.24, 2.45) is 0 Å². The van der Waals surface area contributed by atoms with E-state index in [1.54, 1.807) is 4.68 Å². The van der Waals surface area contributed by atoms with Crippen molar-refractivity contribution in [3.8, 4) is 16.8 Å². The molecule has 0 aliphatic carbocycles. The summed E-state index contributed by atoms with van der Waals surface area (Å²) in [4.78, 5) is 22.3. The van der Waals surface area contributed by atoms with Gasteiger partial charge in [-0.25, -0.2) is 14.6 Å². The highest BCUT2D eigenvalue weighted by Crippen LogP contribution is 2.36. The summed E-state index contributed by atoms with van der Waals surface area (Å²) in [5.41, 5.74) is 12.5. The lowest BCUT2D eigenvalue weighted by molar-refractivity contribution is 0.0766. The molecular weight excluding hydrogens is 494 g/mol. The monoisotopic (exact) mass is 523 g/mol. The Morgan fingerprint density at radius 1 is 1.03 bits per heavy atom. The van der Waals surface area contributed by atoms with E-state index in [2.05, 4.69) is 38.2 Å². The standard InChI is InChI=1S/C29H29N7O3/c30-27-26-24(15-34(22-10-12-38-16-22)28(26)33-18-32-27)19-6-8-20(9-7-19)31-14-23-25-17-39-13-11-35(25)36(29(23)37)21-4-2-1-3-5-21/h1-9,15,18,22,31H,10-14,16-17H2,(H2,30,32,33). The van der Waals surface area contributed by atoms with Crippen molar-refractivity contribution in [2.45, 2.75) is 32.2 Å². The number of fused-ring (bicyclic) bond motifs is 2. The van der Waals surface area contributed by atoms with E-state index in [-0.39, 0.29) is 11.6 Å². The molecule has 0 saturated carbocycles. The van der Waals surface area contributed by atoms with Crippen LogP contribution in [0.5, 0.6) is 0 Å². The summed E-state index contributed by atoms with van der Waals surface area (Å²) in [6.07, 6.45) is 4.56. The first-order valence-corrected chi connectivity index (χ1v) is 13.2. The molecule has 0 radical (unpaired) electrons. The number of anilines is 2. The third-order valence-electron chi connectivity index (χ3n) is 7.64. The Hall–Kier alpha value is -4.41. The van der Waals surface area contributed by atoms with E-state index in [1.807, 2.05) is 47.1 Å². The Bertz CT molecular complexity index is 1700. The smallest absolute Gasteiger partial charge is 0.276 e. The van der Waals surface area contributed by atoms with Gasteiger partial charge in [0.15, 0.2) is 0 Å². The van der Waals surface area contributed by atoms with Crippen molar-refractivity contribution >= 4 is 22.5 Å². The van der Waals surface area contributed by atoms with E-state index >= 15 is 0 Å². The molecule has 5 aromatic rings. The number of ether oxygens (including phenoxy) is 2. The minimum absolute atomic E-state index is 0.0232. The van der Waals surface area contributed by atoms with Gasteiger partial charge in [0.2, 0.25) is 0 Å². The zero-order valence-corrected chi connectivity index (χ0v) is 21.4. The van der Waals surface area contributed by atoms with Crippen LogP contribution in [0, 0.1) is 0 Å². The van der Waals surface area contributed by atoms with Crippen LogP contribution in [0.3, 0.4) is 0 Å². The summed E-state index contributed by atoms with van der Waals surface area (Å²) in [6.45, 7) is 3.46. The number of benzene rings is 2. The molecular formula is C29H29N7O3. The van der Waals surface area contributed by atoms with E-state index in [0.717, 1.165) is 57.8 Å². The average Bonchev–Trinajstić information content (AvgIpc) is 3.70. The van der Waals surface area contributed by atoms with Crippen LogP contribution in [-0.4, -0.2) is 43.7 Å². The van der Waals surface area contributed by atoms with Crippen LogP contribution in [-0.2, 0) is 29.2 Å². The van der Waals surface area contributed by atoms with Crippen LogP contribution in [0.1, 0.15) is 23.7 Å². The summed E-state index contributed by atoms with van der Waals surface area (Å²) in [6, 6.07) is 18.1. The maximum atomic E-state index is 13.5. The number of aromatic nitrogens is 5. The Morgan fingerprint density at radius 3 is 2.67 bits per heavy atom. The quantitative estimate of drug-likeness (QED) is 0.349. The molecule has 39 heavy (non-hydrogen) atoms. The highest BCUT2D eigenvalue weighted by Gasteiger charge is 2.25. The van der Waals surface area contributed by atoms with Gasteiger partial charge in [-0.15, -0.1) is 0 Å². The molecule has 2 aliphatic rings. The van der Waals surface area contributed by atoms with Gasteiger partial charge >= 0.3 is 0 Å². The number of nitrogen functional groups attached to an aromatic ring is 1. The van der Waals surface area contributed by atoms with Crippen LogP contribution in [0.25, 0.3) is 27.8 Å². The fraction of sp³-hybridized carbons (Fsp3) is 0.276. The minimum atomic E-state index is -0.0232. The number of nitrogens with one attached hydrogen (secondary N) is 1. The molecule has 3 aromatic heterocycles. The number of nitrogens with two attached hydrogens (primary N) is 1. The Balaban J connectivity index is 1.18. The summed E-state index contributed by atoms with van der Waals surface area (Å²) in [7, 11) is 0. The lowest BCUT2D eigenvalue weighted by Crippen LogP contribution is -2.26. The molecule has 2 aromatic carbocycles. The first kappa shape index (κ1) is 23.7. The number of hydrogen-bond donors (Lipinski definition) is 2. The van der Waals surface area contributed by atoms with Crippen molar-refractivity contribution in [3.63, 3.8) is 0 Å². The molecule has 10 nitrogen and oxygen atoms in total. The number of para-hydroxylation sites is 1. The molecule has 0 amide bonds. The maximum Gasteiger partial charge on any atom is 0.276 e. The molecule has 3 N–H and O–H groups in total. The highest BCUT2D eigenvalue weighted by atomic mass is 16.5. The lowest BCUT2D eigenvalue weighted by atomic mass is 10.1. The second-order valence-electron chi connectivity index (χ2n) is 9.91. The minimum Gasteiger partial charge on any atom is -0.383 e. The fourth-order valence-electron chi connectivity index (χ4n) is 5.66. The highest BCUT2D eigenvalue weighted by molar-refractivity contribution is 6.00. The third kappa shape index (κ3) is 4.08. The first-order chi connectivity index (χ1) is 19.2. The second-order valence-corrected chi connectivity index (χ2v) is 9.91. The van der Waals surface area contributed by atoms with Crippen LogP contribution in [0.4, 0.5) is 11.5 Å². The van der Waals surface area contributed by atoms with Crippen LogP contribution in [0.15, 0.2) is 71.9 Å². The average molecular weight is 524 g/mol. The van der Waals surface area contributed by atoms with Gasteiger partial charge in [-0.05, 0) is 36.2 Å². The summed E-state index contributed by atoms with van der Waals surface area (Å²) >= 11 is 0. The molecule has 198 valence electrons. The van der Waals surface area contributed by atoms with E-state index < -0.39 is 0 Å². The van der Waals surface area contributed by atoms with Crippen molar-refractivity contribution in [1.29, 1.82) is 0 Å². The normalized spacial score (nSPS) is 17.0. The van der Waals surface area contributed by atoms with Gasteiger partial charge in [0.25, 0.3) is 5.56 Å². The van der Waals surface area contributed by atoms with E-state index in [9.17, 15) is 4.79 Å². The Labute approximate surface area is 224 Å². The van der Waals surface area contributed by atoms with Gasteiger partial charge in [0, 0.05) is 30.6 Å². The van der Waals surface area contributed by atoms with Gasteiger partial charge in [-0.3, -0.25) is 9.48 Å². The predicted octanol–water partition coefficient (Wildman–Crippen LogP) is 3.74. The molecule has 7 rings (SSSR count). The van der Waals surface area contributed by atoms with Crippen LogP contribution in [0.2, 0.25) is 0 Å². The van der Waals surface area contributed by atoms with Gasteiger partial charge in [-0.2, -0.15) is 0 Å². The fourth-order valence-corrected chi connectivity index (χ4v) is 5.66. The molecule has 1 atom stereocenters. The summed E-state index contributed by atoms with van der Waals surface area (Å²) in [5.74, 6) is 0.463.